The van der Waals surface area contributed by atoms with Gasteiger partial charge in [0.05, 0.1) is 12.2 Å². The van der Waals surface area contributed by atoms with Crippen LogP contribution in [-0.4, -0.2) is 49.1 Å². The van der Waals surface area contributed by atoms with Gasteiger partial charge < -0.3 is 19.9 Å². The predicted molar refractivity (Wildman–Crippen MR) is 82.6 cm³/mol. The van der Waals surface area contributed by atoms with Gasteiger partial charge in [-0.3, -0.25) is 4.79 Å². The lowest BCUT2D eigenvalue weighted by Crippen LogP contribution is -2.49. The summed E-state index contributed by atoms with van der Waals surface area (Å²) < 4.78 is 11.3. The molecule has 0 heterocycles. The van der Waals surface area contributed by atoms with Crippen LogP contribution in [0.2, 0.25) is 0 Å². The minimum Gasteiger partial charge on any atom is -0.480 e. The second-order valence-corrected chi connectivity index (χ2v) is 6.18. The Bertz CT molecular complexity index is 311. The highest BCUT2D eigenvalue weighted by Gasteiger charge is 2.31. The van der Waals surface area contributed by atoms with Crippen LogP contribution in [0.4, 0.5) is 0 Å². The first-order chi connectivity index (χ1) is 10.0. The maximum absolute atomic E-state index is 11.4. The van der Waals surface area contributed by atoms with E-state index in [1.165, 1.54) is 0 Å². The molecule has 1 aliphatic carbocycles. The van der Waals surface area contributed by atoms with Crippen LogP contribution < -0.4 is 5.32 Å². The van der Waals surface area contributed by atoms with Crippen LogP contribution in [0.15, 0.2) is 0 Å². The highest BCUT2D eigenvalue weighted by atomic mass is 16.5. The molecule has 124 valence electrons. The molecule has 0 aromatic heterocycles. The second-order valence-electron chi connectivity index (χ2n) is 6.18. The highest BCUT2D eigenvalue weighted by Crippen LogP contribution is 2.23. The Kier molecular flexibility index (Phi) is 8.22. The maximum Gasteiger partial charge on any atom is 0.323 e. The largest absolute Gasteiger partial charge is 0.480 e. The lowest BCUT2D eigenvalue weighted by molar-refractivity contribution is -0.144. The molecule has 21 heavy (non-hydrogen) atoms. The van der Waals surface area contributed by atoms with E-state index in [-0.39, 0.29) is 6.10 Å². The molecule has 3 unspecified atom stereocenters. The van der Waals surface area contributed by atoms with Crippen molar-refractivity contribution in [1.82, 2.24) is 5.32 Å². The quantitative estimate of drug-likeness (QED) is 0.607. The summed E-state index contributed by atoms with van der Waals surface area (Å²) in [7, 11) is 1.75. The molecule has 2 N–H and O–H groups in total. The number of ether oxygens (including phenoxy) is 2. The summed E-state index contributed by atoms with van der Waals surface area (Å²) in [5, 5.41) is 12.5. The second kappa shape index (κ2) is 9.38. The molecule has 0 spiro atoms. The molecular formula is C16H31NO4. The average Bonchev–Trinajstić information content (AvgIpc) is 2.49. The Morgan fingerprint density at radius 3 is 2.71 bits per heavy atom. The first kappa shape index (κ1) is 18.4. The molecule has 0 saturated heterocycles. The van der Waals surface area contributed by atoms with Crippen LogP contribution in [-0.2, 0) is 14.3 Å². The topological polar surface area (TPSA) is 67.8 Å². The van der Waals surface area contributed by atoms with Gasteiger partial charge in [-0.15, -0.1) is 0 Å². The third kappa shape index (κ3) is 6.32. The fourth-order valence-electron chi connectivity index (χ4n) is 2.82. The van der Waals surface area contributed by atoms with Gasteiger partial charge in [0.25, 0.3) is 0 Å². The van der Waals surface area contributed by atoms with Gasteiger partial charge in [0.2, 0.25) is 0 Å². The highest BCUT2D eigenvalue weighted by molar-refractivity contribution is 5.78. The van der Waals surface area contributed by atoms with Crippen LogP contribution in [0.25, 0.3) is 0 Å². The molecule has 5 heteroatoms. The van der Waals surface area contributed by atoms with Gasteiger partial charge in [0.1, 0.15) is 5.54 Å². The van der Waals surface area contributed by atoms with E-state index >= 15 is 0 Å². The fraction of sp³-hybridized carbons (Fsp3) is 0.938. The van der Waals surface area contributed by atoms with Crippen molar-refractivity contribution < 1.29 is 19.4 Å². The number of hydrogen-bond acceptors (Lipinski definition) is 4. The molecule has 0 amide bonds. The lowest BCUT2D eigenvalue weighted by atomic mass is 9.94. The van der Waals surface area contributed by atoms with E-state index in [1.54, 1.807) is 14.0 Å². The molecule has 0 bridgehead atoms. The van der Waals surface area contributed by atoms with Gasteiger partial charge in [-0.25, -0.2) is 0 Å². The van der Waals surface area contributed by atoms with E-state index in [0.717, 1.165) is 45.1 Å². The maximum atomic E-state index is 11.4. The van der Waals surface area contributed by atoms with Crippen molar-refractivity contribution in [1.29, 1.82) is 0 Å². The van der Waals surface area contributed by atoms with Crippen molar-refractivity contribution in [3.05, 3.63) is 0 Å². The summed E-state index contributed by atoms with van der Waals surface area (Å²) in [6.45, 7) is 5.14. The molecule has 0 aliphatic heterocycles. The Labute approximate surface area is 128 Å². The normalized spacial score (nSPS) is 25.5. The molecule has 0 aromatic rings. The summed E-state index contributed by atoms with van der Waals surface area (Å²) in [6.07, 6.45) is 7.17. The minimum atomic E-state index is -0.846. The first-order valence-electron chi connectivity index (χ1n) is 8.14. The van der Waals surface area contributed by atoms with Gasteiger partial charge in [0, 0.05) is 13.7 Å². The van der Waals surface area contributed by atoms with Crippen molar-refractivity contribution in [3.8, 4) is 0 Å². The number of nitrogens with one attached hydrogen (secondary N) is 1. The molecule has 0 radical (unpaired) electrons. The number of aliphatic carboxylic acids is 1. The van der Waals surface area contributed by atoms with Gasteiger partial charge in [-0.2, -0.15) is 0 Å². The summed E-state index contributed by atoms with van der Waals surface area (Å²) in [6, 6.07) is 0. The third-order valence-electron chi connectivity index (χ3n) is 4.32. The molecule has 1 rings (SSSR count). The first-order valence-corrected chi connectivity index (χ1v) is 8.14. The van der Waals surface area contributed by atoms with Gasteiger partial charge >= 0.3 is 5.97 Å². The predicted octanol–water partition coefficient (Wildman–Crippen LogP) is 2.58. The number of rotatable bonds is 10. The number of carboxylic acid groups (broad SMARTS) is 1. The number of methoxy groups -OCH3 is 1. The van der Waals surface area contributed by atoms with Crippen molar-refractivity contribution in [2.75, 3.05) is 20.3 Å². The lowest BCUT2D eigenvalue weighted by Gasteiger charge is -2.29. The van der Waals surface area contributed by atoms with Crippen LogP contribution in [0.1, 0.15) is 58.8 Å². The van der Waals surface area contributed by atoms with Gasteiger partial charge in [-0.1, -0.05) is 6.92 Å². The third-order valence-corrected chi connectivity index (χ3v) is 4.32. The molecule has 3 atom stereocenters. The number of carboxylic acids is 1. The number of carbonyl (C=O) groups is 1. The monoisotopic (exact) mass is 301 g/mol. The molecule has 5 nitrogen and oxygen atoms in total. The zero-order chi connectivity index (χ0) is 15.7. The molecule has 1 aliphatic rings. The summed E-state index contributed by atoms with van der Waals surface area (Å²) in [5.74, 6) is -0.784. The van der Waals surface area contributed by atoms with Gasteiger partial charge in [-0.05, 0) is 58.4 Å². The van der Waals surface area contributed by atoms with Crippen LogP contribution in [0.3, 0.4) is 0 Å². The Balaban J connectivity index is 2.26. The fourth-order valence-corrected chi connectivity index (χ4v) is 2.82. The van der Waals surface area contributed by atoms with E-state index in [1.807, 2.05) is 6.92 Å². The Morgan fingerprint density at radius 1 is 1.38 bits per heavy atom. The van der Waals surface area contributed by atoms with Crippen molar-refractivity contribution in [3.63, 3.8) is 0 Å². The van der Waals surface area contributed by atoms with Crippen LogP contribution in [0, 0.1) is 0 Å². The zero-order valence-electron chi connectivity index (χ0n) is 13.7. The summed E-state index contributed by atoms with van der Waals surface area (Å²) >= 11 is 0. The summed E-state index contributed by atoms with van der Waals surface area (Å²) in [5.41, 5.74) is -0.846. The average molecular weight is 301 g/mol. The molecule has 1 fully saturated rings. The van der Waals surface area contributed by atoms with Crippen molar-refractivity contribution in [2.24, 2.45) is 0 Å². The van der Waals surface area contributed by atoms with E-state index in [2.05, 4.69) is 5.32 Å². The molecule has 1 saturated carbocycles. The number of hydrogen-bond donors (Lipinski definition) is 2. The van der Waals surface area contributed by atoms with Crippen molar-refractivity contribution >= 4 is 5.97 Å². The Morgan fingerprint density at radius 2 is 2.10 bits per heavy atom. The van der Waals surface area contributed by atoms with E-state index in [4.69, 9.17) is 9.47 Å². The molecular weight excluding hydrogens is 270 g/mol. The van der Waals surface area contributed by atoms with Gasteiger partial charge in [0.15, 0.2) is 0 Å². The van der Waals surface area contributed by atoms with E-state index < -0.39 is 11.5 Å². The van der Waals surface area contributed by atoms with Crippen molar-refractivity contribution in [2.45, 2.75) is 76.5 Å². The van der Waals surface area contributed by atoms with E-state index in [0.29, 0.717) is 19.1 Å². The zero-order valence-corrected chi connectivity index (χ0v) is 13.7. The van der Waals surface area contributed by atoms with E-state index in [9.17, 15) is 9.90 Å². The standard InChI is InChI=1S/C16H31NO4/c1-4-10-17-16(2,15(18)19)9-6-11-21-14-8-5-7-13(12-14)20-3/h13-14,17H,4-12H2,1-3H3,(H,18,19). The van der Waals surface area contributed by atoms with Crippen LogP contribution >= 0.6 is 0 Å². The smallest absolute Gasteiger partial charge is 0.323 e. The summed E-state index contributed by atoms with van der Waals surface area (Å²) in [4.78, 5) is 11.4. The molecule has 0 aromatic carbocycles. The van der Waals surface area contributed by atoms with Crippen LogP contribution in [0.5, 0.6) is 0 Å². The Hall–Kier alpha value is -0.650. The SMILES string of the molecule is CCCNC(C)(CCCOC1CCCC(OC)C1)C(=O)O. The minimum absolute atomic E-state index is 0.267.